The monoisotopic (exact) mass is 257 g/mol. The van der Waals surface area contributed by atoms with Crippen LogP contribution in [0.25, 0.3) is 0 Å². The Morgan fingerprint density at radius 1 is 1.21 bits per heavy atom. The number of benzene rings is 1. The molecule has 2 aliphatic rings. The Kier molecular flexibility index (Phi) is 3.69. The zero-order valence-corrected chi connectivity index (χ0v) is 11.7. The minimum atomic E-state index is 0.0907. The van der Waals surface area contributed by atoms with Crippen LogP contribution < -0.4 is 0 Å². The van der Waals surface area contributed by atoms with Crippen molar-refractivity contribution in [2.45, 2.75) is 38.6 Å². The SMILES string of the molecule is CCC(C(=O)c1ccccc1)N1CC2CCCC2C1. The van der Waals surface area contributed by atoms with Crippen molar-refractivity contribution in [2.75, 3.05) is 13.1 Å². The molecule has 1 aliphatic carbocycles. The lowest BCUT2D eigenvalue weighted by Gasteiger charge is -2.26. The molecule has 1 heterocycles. The molecule has 2 fully saturated rings. The molecular weight excluding hydrogens is 234 g/mol. The normalized spacial score (nSPS) is 28.3. The lowest BCUT2D eigenvalue weighted by molar-refractivity contribution is 0.0834. The zero-order chi connectivity index (χ0) is 13.2. The molecule has 0 radical (unpaired) electrons. The average Bonchev–Trinajstić information content (AvgIpc) is 3.02. The largest absolute Gasteiger partial charge is 0.293 e. The van der Waals surface area contributed by atoms with Crippen molar-refractivity contribution in [3.63, 3.8) is 0 Å². The van der Waals surface area contributed by atoms with Crippen molar-refractivity contribution < 1.29 is 4.79 Å². The maximum Gasteiger partial charge on any atom is 0.179 e. The first-order valence-electron chi connectivity index (χ1n) is 7.63. The predicted octanol–water partition coefficient (Wildman–Crippen LogP) is 3.38. The third-order valence-electron chi connectivity index (χ3n) is 4.94. The molecule has 0 amide bonds. The highest BCUT2D eigenvalue weighted by Gasteiger charge is 2.40. The number of nitrogens with zero attached hydrogens (tertiary/aromatic N) is 1. The first-order valence-corrected chi connectivity index (χ1v) is 7.63. The topological polar surface area (TPSA) is 20.3 Å². The summed E-state index contributed by atoms with van der Waals surface area (Å²) in [6, 6.07) is 9.87. The summed E-state index contributed by atoms with van der Waals surface area (Å²) in [6.45, 7) is 4.42. The number of hydrogen-bond acceptors (Lipinski definition) is 2. The fraction of sp³-hybridized carbons (Fsp3) is 0.588. The van der Waals surface area contributed by atoms with Gasteiger partial charge in [-0.2, -0.15) is 0 Å². The number of carbonyl (C=O) groups is 1. The predicted molar refractivity (Wildman–Crippen MR) is 77.3 cm³/mol. The van der Waals surface area contributed by atoms with Gasteiger partial charge in [-0.1, -0.05) is 43.7 Å². The molecule has 1 saturated carbocycles. The lowest BCUT2D eigenvalue weighted by Crippen LogP contribution is -2.39. The fourth-order valence-electron chi connectivity index (χ4n) is 3.93. The number of carbonyl (C=O) groups excluding carboxylic acids is 1. The van der Waals surface area contributed by atoms with Crippen molar-refractivity contribution >= 4 is 5.78 Å². The number of rotatable bonds is 4. The molecule has 0 spiro atoms. The average molecular weight is 257 g/mol. The minimum absolute atomic E-state index is 0.0907. The lowest BCUT2D eigenvalue weighted by atomic mass is 10.0. The first-order chi connectivity index (χ1) is 9.29. The Morgan fingerprint density at radius 3 is 2.42 bits per heavy atom. The van der Waals surface area contributed by atoms with E-state index in [1.807, 2.05) is 30.3 Å². The number of fused-ring (bicyclic) bond motifs is 1. The second-order valence-corrected chi connectivity index (χ2v) is 6.06. The summed E-state index contributed by atoms with van der Waals surface area (Å²) in [4.78, 5) is 15.1. The van der Waals surface area contributed by atoms with Crippen molar-refractivity contribution in [1.29, 1.82) is 0 Å². The van der Waals surface area contributed by atoms with Crippen LogP contribution >= 0.6 is 0 Å². The van der Waals surface area contributed by atoms with Gasteiger partial charge in [-0.25, -0.2) is 0 Å². The van der Waals surface area contributed by atoms with Crippen molar-refractivity contribution in [1.82, 2.24) is 4.90 Å². The molecule has 3 unspecified atom stereocenters. The van der Waals surface area contributed by atoms with E-state index >= 15 is 0 Å². The Labute approximate surface area is 115 Å². The molecule has 0 aromatic heterocycles. The molecule has 0 bridgehead atoms. The summed E-state index contributed by atoms with van der Waals surface area (Å²) in [5.41, 5.74) is 0.867. The zero-order valence-electron chi connectivity index (χ0n) is 11.7. The maximum absolute atomic E-state index is 12.6. The van der Waals surface area contributed by atoms with Crippen molar-refractivity contribution in [3.05, 3.63) is 35.9 Å². The van der Waals surface area contributed by atoms with Gasteiger partial charge in [0.1, 0.15) is 0 Å². The van der Waals surface area contributed by atoms with E-state index in [1.54, 1.807) is 0 Å². The summed E-state index contributed by atoms with van der Waals surface area (Å²) in [5, 5.41) is 0. The van der Waals surface area contributed by atoms with E-state index in [9.17, 15) is 4.79 Å². The van der Waals surface area contributed by atoms with Crippen LogP contribution in [0, 0.1) is 11.8 Å². The fourth-order valence-corrected chi connectivity index (χ4v) is 3.93. The Bertz CT molecular complexity index is 430. The maximum atomic E-state index is 12.6. The van der Waals surface area contributed by atoms with Gasteiger partial charge < -0.3 is 0 Å². The second kappa shape index (κ2) is 5.46. The Hall–Kier alpha value is -1.15. The van der Waals surface area contributed by atoms with Crippen molar-refractivity contribution in [3.8, 4) is 0 Å². The van der Waals surface area contributed by atoms with E-state index < -0.39 is 0 Å². The highest BCUT2D eigenvalue weighted by molar-refractivity contribution is 6.00. The summed E-state index contributed by atoms with van der Waals surface area (Å²) >= 11 is 0. The Morgan fingerprint density at radius 2 is 1.84 bits per heavy atom. The van der Waals surface area contributed by atoms with Gasteiger partial charge in [0.25, 0.3) is 0 Å². The van der Waals surface area contributed by atoms with Crippen LogP contribution in [0.2, 0.25) is 0 Å². The molecule has 3 rings (SSSR count). The van der Waals surface area contributed by atoms with Crippen LogP contribution in [0.3, 0.4) is 0 Å². The summed E-state index contributed by atoms with van der Waals surface area (Å²) in [7, 11) is 0. The van der Waals surface area contributed by atoms with E-state index in [1.165, 1.54) is 19.3 Å². The van der Waals surface area contributed by atoms with Crippen LogP contribution in [0.5, 0.6) is 0 Å². The number of likely N-dealkylation sites (tertiary alicyclic amines) is 1. The number of hydrogen-bond donors (Lipinski definition) is 0. The van der Waals surface area contributed by atoms with E-state index in [4.69, 9.17) is 0 Å². The minimum Gasteiger partial charge on any atom is -0.293 e. The summed E-state index contributed by atoms with van der Waals surface area (Å²) in [6.07, 6.45) is 5.06. The van der Waals surface area contributed by atoms with Gasteiger partial charge in [0.15, 0.2) is 5.78 Å². The highest BCUT2D eigenvalue weighted by Crippen LogP contribution is 2.39. The van der Waals surface area contributed by atoms with Gasteiger partial charge in [-0.3, -0.25) is 9.69 Å². The van der Waals surface area contributed by atoms with E-state index in [-0.39, 0.29) is 6.04 Å². The third kappa shape index (κ3) is 2.46. The molecule has 2 heteroatoms. The molecule has 19 heavy (non-hydrogen) atoms. The molecule has 1 aromatic rings. The van der Waals surface area contributed by atoms with Gasteiger partial charge >= 0.3 is 0 Å². The quantitative estimate of drug-likeness (QED) is 0.771. The summed E-state index contributed by atoms with van der Waals surface area (Å²) in [5.74, 6) is 2.03. The molecule has 0 N–H and O–H groups in total. The highest BCUT2D eigenvalue weighted by atomic mass is 16.1. The Balaban J connectivity index is 1.73. The smallest absolute Gasteiger partial charge is 0.179 e. The molecule has 2 nitrogen and oxygen atoms in total. The van der Waals surface area contributed by atoms with Gasteiger partial charge in [0.2, 0.25) is 0 Å². The summed E-state index contributed by atoms with van der Waals surface area (Å²) < 4.78 is 0. The van der Waals surface area contributed by atoms with E-state index in [0.29, 0.717) is 5.78 Å². The van der Waals surface area contributed by atoms with E-state index in [2.05, 4.69) is 11.8 Å². The van der Waals surface area contributed by atoms with Crippen LogP contribution in [0.15, 0.2) is 30.3 Å². The molecule has 1 aromatic carbocycles. The van der Waals surface area contributed by atoms with Crippen LogP contribution in [0.1, 0.15) is 43.0 Å². The number of Topliss-reactive ketones (excluding diaryl/α,β-unsaturated/α-hetero) is 1. The third-order valence-corrected chi connectivity index (χ3v) is 4.94. The van der Waals surface area contributed by atoms with Crippen LogP contribution in [-0.4, -0.2) is 29.8 Å². The molecular formula is C17H23NO. The van der Waals surface area contributed by atoms with Crippen LogP contribution in [0.4, 0.5) is 0 Å². The molecule has 1 saturated heterocycles. The first kappa shape index (κ1) is 12.9. The molecule has 1 aliphatic heterocycles. The van der Waals surface area contributed by atoms with Gasteiger partial charge in [0.05, 0.1) is 6.04 Å². The second-order valence-electron chi connectivity index (χ2n) is 6.06. The number of ketones is 1. The van der Waals surface area contributed by atoms with Crippen LogP contribution in [-0.2, 0) is 0 Å². The van der Waals surface area contributed by atoms with Gasteiger partial charge in [-0.15, -0.1) is 0 Å². The molecule has 3 atom stereocenters. The standard InChI is InChI=1S/C17H23NO/c1-2-16(17(19)13-7-4-3-5-8-13)18-11-14-9-6-10-15(14)12-18/h3-5,7-8,14-16H,2,6,9-12H2,1H3. The van der Waals surface area contributed by atoms with Gasteiger partial charge in [0, 0.05) is 18.7 Å². The van der Waals surface area contributed by atoms with E-state index in [0.717, 1.165) is 36.9 Å². The molecule has 102 valence electrons. The van der Waals surface area contributed by atoms with Crippen molar-refractivity contribution in [2.24, 2.45) is 11.8 Å². The van der Waals surface area contributed by atoms with Gasteiger partial charge in [-0.05, 0) is 31.1 Å².